The van der Waals surface area contributed by atoms with Crippen LogP contribution in [0.25, 0.3) is 0 Å². The highest BCUT2D eigenvalue weighted by atomic mass is 31.1. The quantitative estimate of drug-likeness (QED) is 0.362. The van der Waals surface area contributed by atoms with Crippen LogP contribution in [-0.2, 0) is 0 Å². The second-order valence-electron chi connectivity index (χ2n) is 11.3. The highest BCUT2D eigenvalue weighted by Crippen LogP contribution is 2.42. The molecule has 0 aliphatic carbocycles. The third-order valence-corrected chi connectivity index (χ3v) is 23.9. The predicted molar refractivity (Wildman–Crippen MR) is 132 cm³/mol. The summed E-state index contributed by atoms with van der Waals surface area (Å²) in [6.45, 7) is 30.7. The van der Waals surface area contributed by atoms with E-state index >= 15 is 0 Å². The average Bonchev–Trinajstić information content (AvgIpc) is 2.33. The summed E-state index contributed by atoms with van der Waals surface area (Å²) in [6, 6.07) is 11.4. The summed E-state index contributed by atoms with van der Waals surface area (Å²) in [6.07, 6.45) is 0. The molecule has 0 aliphatic heterocycles. The van der Waals surface area contributed by atoms with Gasteiger partial charge in [-0.2, -0.15) is 0 Å². The molecule has 0 aliphatic rings. The van der Waals surface area contributed by atoms with Crippen LogP contribution in [0.15, 0.2) is 30.3 Å². The van der Waals surface area contributed by atoms with Gasteiger partial charge in [-0.3, -0.25) is 0 Å². The maximum atomic E-state index is 2.59. The normalized spacial score (nSPS) is 15.0. The van der Waals surface area contributed by atoms with Crippen molar-refractivity contribution in [2.45, 2.75) is 84.9 Å². The van der Waals surface area contributed by atoms with Gasteiger partial charge in [0, 0.05) is 0 Å². The smallest absolute Gasteiger partial charge is 0.0834 e. The van der Waals surface area contributed by atoms with Crippen LogP contribution in [-0.4, -0.2) is 38.8 Å². The van der Waals surface area contributed by atoms with E-state index in [4.69, 9.17) is 0 Å². The highest BCUT2D eigenvalue weighted by Gasteiger charge is 2.37. The Balaban J connectivity index is 4.33. The Labute approximate surface area is 161 Å². The number of hydrogen-bond acceptors (Lipinski definition) is 0. The van der Waals surface area contributed by atoms with Crippen molar-refractivity contribution in [1.29, 1.82) is 0 Å². The summed E-state index contributed by atoms with van der Waals surface area (Å²) in [5.41, 5.74) is 1.52. The Hall–Kier alpha value is -0.0894. The number of benzene rings is 1. The molecule has 0 heterocycles. The molecule has 25 heavy (non-hydrogen) atoms. The summed E-state index contributed by atoms with van der Waals surface area (Å²) in [5, 5.41) is 0.330. The minimum absolute atomic E-state index is 0.251. The summed E-state index contributed by atoms with van der Waals surface area (Å²) >= 11 is 0. The SMILES string of the molecule is CC(C)(C)/P(=C([Si](C)(C)C)[Si](C)(C)C)=C(/c1ccccc1)[Si](C)(C)C. The zero-order valence-corrected chi connectivity index (χ0v) is 22.7. The third kappa shape index (κ3) is 5.95. The molecule has 142 valence electrons. The van der Waals surface area contributed by atoms with E-state index in [-0.39, 0.29) is 7.17 Å². The molecule has 1 unspecified atom stereocenters. The molecule has 1 rings (SSSR count). The molecule has 1 aromatic rings. The van der Waals surface area contributed by atoms with Crippen molar-refractivity contribution < 1.29 is 0 Å². The van der Waals surface area contributed by atoms with Gasteiger partial charge in [-0.15, -0.1) is 7.17 Å². The molecule has 0 nitrogen and oxygen atoms in total. The topological polar surface area (TPSA) is 0 Å². The minimum atomic E-state index is -1.45. The van der Waals surface area contributed by atoms with E-state index < -0.39 is 24.2 Å². The Kier molecular flexibility index (Phi) is 6.88. The maximum absolute atomic E-state index is 2.59. The molecule has 0 fully saturated rings. The summed E-state index contributed by atoms with van der Waals surface area (Å²) in [5.74, 6) is 0. The van der Waals surface area contributed by atoms with Crippen LogP contribution in [0.3, 0.4) is 0 Å². The van der Waals surface area contributed by atoms with E-state index in [0.29, 0.717) is 5.16 Å². The van der Waals surface area contributed by atoms with Gasteiger partial charge in [0.25, 0.3) is 0 Å². The Bertz CT molecular complexity index is 666. The zero-order chi connectivity index (χ0) is 19.8. The zero-order valence-electron chi connectivity index (χ0n) is 18.8. The van der Waals surface area contributed by atoms with Gasteiger partial charge in [-0.1, -0.05) is 115 Å². The lowest BCUT2D eigenvalue weighted by atomic mass is 10.2. The largest absolute Gasteiger partial charge is 0.128 e. The molecule has 4 heteroatoms. The second-order valence-corrected chi connectivity index (χ2v) is 31.0. The molecule has 0 saturated heterocycles. The average molecular weight is 409 g/mol. The lowest BCUT2D eigenvalue weighted by Crippen LogP contribution is -2.50. The van der Waals surface area contributed by atoms with Crippen molar-refractivity contribution in [2.75, 3.05) is 0 Å². The van der Waals surface area contributed by atoms with Crippen LogP contribution in [0.4, 0.5) is 0 Å². The van der Waals surface area contributed by atoms with E-state index in [9.17, 15) is 0 Å². The number of hydrogen-bond donors (Lipinski definition) is 0. The van der Waals surface area contributed by atoms with Crippen LogP contribution >= 0.6 is 7.17 Å². The van der Waals surface area contributed by atoms with Gasteiger partial charge in [-0.25, -0.2) is 0 Å². The van der Waals surface area contributed by atoms with Crippen LogP contribution < -0.4 is 0 Å². The fraction of sp³-hybridized carbons (Fsp3) is 0.619. The number of rotatable bonds is 4. The van der Waals surface area contributed by atoms with Gasteiger partial charge < -0.3 is 0 Å². The third-order valence-electron chi connectivity index (χ3n) is 4.30. The molecular weight excluding hydrogens is 367 g/mol. The highest BCUT2D eigenvalue weighted by molar-refractivity contribution is 7.79. The molecule has 0 bridgehead atoms. The molecule has 0 aromatic heterocycles. The Morgan fingerprint density at radius 2 is 1.08 bits per heavy atom. The molecule has 0 radical (unpaired) electrons. The van der Waals surface area contributed by atoms with Gasteiger partial charge in [0.1, 0.15) is 0 Å². The van der Waals surface area contributed by atoms with Crippen LogP contribution in [0.1, 0.15) is 26.3 Å². The fourth-order valence-corrected chi connectivity index (χ4v) is 28.8. The minimum Gasteiger partial charge on any atom is -0.128 e. The lowest BCUT2D eigenvalue weighted by molar-refractivity contribution is 0.800. The van der Waals surface area contributed by atoms with E-state index in [1.54, 1.807) is 0 Å². The molecule has 0 spiro atoms. The van der Waals surface area contributed by atoms with Crippen molar-refractivity contribution in [1.82, 2.24) is 0 Å². The van der Waals surface area contributed by atoms with Gasteiger partial charge in [-0.05, 0) is 15.6 Å². The summed E-state index contributed by atoms with van der Waals surface area (Å²) in [7, 11) is -4.42. The van der Waals surface area contributed by atoms with Gasteiger partial charge in [0.2, 0.25) is 0 Å². The molecular formula is C21H41PSi3. The van der Waals surface area contributed by atoms with Crippen LogP contribution in [0.2, 0.25) is 58.9 Å². The first kappa shape index (κ1) is 23.0. The van der Waals surface area contributed by atoms with E-state index in [1.807, 2.05) is 9.46 Å². The first-order valence-electron chi connectivity index (χ1n) is 9.58. The predicted octanol–water partition coefficient (Wildman–Crippen LogP) is 7.29. The Morgan fingerprint density at radius 1 is 0.680 bits per heavy atom. The van der Waals surface area contributed by atoms with Crippen LogP contribution in [0, 0.1) is 0 Å². The Morgan fingerprint density at radius 3 is 1.36 bits per heavy atom. The standard InChI is InChI=1S/C21H41PSi3/c1-21(2,3)22(20(24(7,8)9)25(10,11)12)19(23(4,5)6)18-16-14-13-15-17-18/h13-17H,1-12H3. The molecule has 0 amide bonds. The van der Waals surface area contributed by atoms with Crippen molar-refractivity contribution in [3.05, 3.63) is 35.9 Å². The summed E-state index contributed by atoms with van der Waals surface area (Å²) in [4.78, 5) is 1.84. The monoisotopic (exact) mass is 408 g/mol. The lowest BCUT2D eigenvalue weighted by Gasteiger charge is -2.39. The van der Waals surface area contributed by atoms with Crippen molar-refractivity contribution in [2.24, 2.45) is 0 Å². The summed E-state index contributed by atoms with van der Waals surface area (Å²) < 4.78 is 2.03. The second kappa shape index (κ2) is 7.50. The molecule has 0 N–H and O–H groups in total. The van der Waals surface area contributed by atoms with Gasteiger partial charge >= 0.3 is 0 Å². The van der Waals surface area contributed by atoms with E-state index in [2.05, 4.69) is 110 Å². The van der Waals surface area contributed by atoms with Gasteiger partial charge in [0.05, 0.1) is 24.2 Å². The first-order valence-corrected chi connectivity index (χ1v) is 21.4. The van der Waals surface area contributed by atoms with Gasteiger partial charge in [0.15, 0.2) is 0 Å². The van der Waals surface area contributed by atoms with Crippen molar-refractivity contribution >= 4 is 40.8 Å². The van der Waals surface area contributed by atoms with Crippen LogP contribution in [0.5, 0.6) is 0 Å². The van der Waals surface area contributed by atoms with E-state index in [1.165, 1.54) is 5.56 Å². The maximum Gasteiger partial charge on any atom is 0.0834 e. The fourth-order valence-electron chi connectivity index (χ4n) is 4.07. The first-order chi connectivity index (χ1) is 11.0. The van der Waals surface area contributed by atoms with E-state index in [0.717, 1.165) is 0 Å². The molecule has 0 saturated carbocycles. The van der Waals surface area contributed by atoms with Crippen molar-refractivity contribution in [3.8, 4) is 0 Å². The molecule has 1 atom stereocenters. The van der Waals surface area contributed by atoms with Crippen molar-refractivity contribution in [3.63, 3.8) is 0 Å². The molecule has 1 aromatic carbocycles.